The van der Waals surface area contributed by atoms with E-state index in [0.717, 1.165) is 10.8 Å². The van der Waals surface area contributed by atoms with Crippen LogP contribution in [-0.2, 0) is 9.59 Å². The zero-order valence-electron chi connectivity index (χ0n) is 21.3. The zero-order chi connectivity index (χ0) is 28.5. The largest absolute Gasteiger partial charge is 0.492 e. The summed E-state index contributed by atoms with van der Waals surface area (Å²) < 4.78 is 11.3. The molecule has 0 spiro atoms. The minimum absolute atomic E-state index is 0.145. The molecule has 0 bridgehead atoms. The maximum Gasteiger partial charge on any atom is 0.224 e. The van der Waals surface area contributed by atoms with Crippen LogP contribution in [0.5, 0.6) is 11.5 Å². The molecule has 0 radical (unpaired) electrons. The molecule has 10 heteroatoms. The van der Waals surface area contributed by atoms with Gasteiger partial charge in [0.05, 0.1) is 23.3 Å². The fourth-order valence-electron chi connectivity index (χ4n) is 3.97. The Morgan fingerprint density at radius 2 is 1.02 bits per heavy atom. The molecule has 0 aromatic heterocycles. The van der Waals surface area contributed by atoms with Crippen LogP contribution in [0, 0.1) is 0 Å². The van der Waals surface area contributed by atoms with E-state index in [1.54, 1.807) is 36.4 Å². The first-order valence-corrected chi connectivity index (χ1v) is 14.1. The molecule has 6 nitrogen and oxygen atoms in total. The number of carbonyl (C=O) groups is 2. The number of nitrogens with one attached hydrogen (secondary N) is 2. The Hall–Kier alpha value is -3.16. The second-order valence-corrected chi connectivity index (χ2v) is 10.5. The number of anilines is 2. The van der Waals surface area contributed by atoms with Crippen LogP contribution in [0.1, 0.15) is 25.7 Å². The van der Waals surface area contributed by atoms with Gasteiger partial charge in [-0.1, -0.05) is 70.7 Å². The van der Waals surface area contributed by atoms with E-state index >= 15 is 0 Å². The Kier molecular flexibility index (Phi) is 10.8. The second-order valence-electron chi connectivity index (χ2n) is 8.86. The quantitative estimate of drug-likeness (QED) is 0.155. The number of benzene rings is 4. The van der Waals surface area contributed by atoms with Crippen LogP contribution in [0.4, 0.5) is 11.4 Å². The standard InChI is InChI=1S/C30H26Cl4N2O4/c31-19-11-13-27(23(33)17-19)39-15-3-9-29(37)35-25-7-1-5-21-22(25)6-2-8-26(21)36-30(38)10-4-16-40-28-14-12-20(32)18-24(28)34/h1-2,5-8,11-14,17-18H,3-4,9-10,15-16H2,(H,35,37)(H,36,38). The van der Waals surface area contributed by atoms with Crippen LogP contribution in [0.2, 0.25) is 20.1 Å². The average Bonchev–Trinajstić information content (AvgIpc) is 2.91. The minimum atomic E-state index is -0.145. The number of amides is 2. The predicted molar refractivity (Wildman–Crippen MR) is 164 cm³/mol. The maximum atomic E-state index is 12.6. The van der Waals surface area contributed by atoms with Crippen LogP contribution in [0.3, 0.4) is 0 Å². The van der Waals surface area contributed by atoms with Crippen molar-refractivity contribution in [3.05, 3.63) is 92.9 Å². The summed E-state index contributed by atoms with van der Waals surface area (Å²) in [6.07, 6.45) is 1.54. The Labute approximate surface area is 252 Å². The molecule has 0 unspecified atom stereocenters. The van der Waals surface area contributed by atoms with E-state index in [2.05, 4.69) is 10.6 Å². The normalized spacial score (nSPS) is 10.8. The van der Waals surface area contributed by atoms with Gasteiger partial charge in [-0.25, -0.2) is 0 Å². The number of carbonyl (C=O) groups excluding carboxylic acids is 2. The van der Waals surface area contributed by atoms with Crippen LogP contribution < -0.4 is 20.1 Å². The third-order valence-electron chi connectivity index (χ3n) is 5.87. The van der Waals surface area contributed by atoms with Crippen LogP contribution >= 0.6 is 46.4 Å². The summed E-state index contributed by atoms with van der Waals surface area (Å²) in [4.78, 5) is 25.2. The van der Waals surface area contributed by atoms with Gasteiger partial charge in [0.25, 0.3) is 0 Å². The highest BCUT2D eigenvalue weighted by molar-refractivity contribution is 6.36. The molecule has 4 aromatic carbocycles. The first-order valence-electron chi connectivity index (χ1n) is 12.6. The topological polar surface area (TPSA) is 76.7 Å². The number of hydrogen-bond acceptors (Lipinski definition) is 4. The van der Waals surface area contributed by atoms with Gasteiger partial charge in [-0.2, -0.15) is 0 Å². The summed E-state index contributed by atoms with van der Waals surface area (Å²) in [5.74, 6) is 0.754. The third-order valence-corrected chi connectivity index (χ3v) is 6.93. The van der Waals surface area contributed by atoms with Gasteiger partial charge in [0.2, 0.25) is 11.8 Å². The summed E-state index contributed by atoms with van der Waals surface area (Å²) in [6.45, 7) is 0.663. The van der Waals surface area contributed by atoms with E-state index in [0.29, 0.717) is 69.0 Å². The van der Waals surface area contributed by atoms with Gasteiger partial charge in [0, 0.05) is 45.0 Å². The molecule has 2 amide bonds. The Bertz CT molecular complexity index is 1400. The van der Waals surface area contributed by atoms with E-state index < -0.39 is 0 Å². The molecular formula is C30H26Cl4N2O4. The molecule has 0 saturated heterocycles. The SMILES string of the molecule is O=C(CCCOc1ccc(Cl)cc1Cl)Nc1cccc2c(NC(=O)CCCOc3ccc(Cl)cc3Cl)cccc12. The molecule has 2 N–H and O–H groups in total. The van der Waals surface area contributed by atoms with E-state index in [1.165, 1.54) is 0 Å². The first-order chi connectivity index (χ1) is 19.3. The molecule has 40 heavy (non-hydrogen) atoms. The second kappa shape index (κ2) is 14.5. The van der Waals surface area contributed by atoms with E-state index in [4.69, 9.17) is 55.9 Å². The predicted octanol–water partition coefficient (Wildman–Crippen LogP) is 9.05. The number of hydrogen-bond donors (Lipinski definition) is 2. The number of fused-ring (bicyclic) bond motifs is 1. The molecule has 0 heterocycles. The van der Waals surface area contributed by atoms with Crippen molar-refractivity contribution >= 4 is 80.4 Å². The summed E-state index contributed by atoms with van der Waals surface area (Å²) in [5, 5.41) is 9.46. The van der Waals surface area contributed by atoms with Crippen molar-refractivity contribution in [1.29, 1.82) is 0 Å². The molecule has 4 aromatic rings. The summed E-state index contributed by atoms with van der Waals surface area (Å²) in [5.41, 5.74) is 1.32. The van der Waals surface area contributed by atoms with Crippen molar-refractivity contribution in [2.24, 2.45) is 0 Å². The summed E-state index contributed by atoms with van der Waals surface area (Å²) in [7, 11) is 0. The van der Waals surface area contributed by atoms with Crippen LogP contribution in [0.25, 0.3) is 10.8 Å². The molecule has 0 aliphatic heterocycles. The Balaban J connectivity index is 1.27. The lowest BCUT2D eigenvalue weighted by Crippen LogP contribution is -2.14. The number of halogens is 4. The smallest absolute Gasteiger partial charge is 0.224 e. The van der Waals surface area contributed by atoms with Crippen molar-refractivity contribution in [1.82, 2.24) is 0 Å². The number of rotatable bonds is 12. The molecule has 0 aliphatic carbocycles. The average molecular weight is 620 g/mol. The lowest BCUT2D eigenvalue weighted by atomic mass is 10.1. The number of ether oxygens (including phenoxy) is 2. The van der Waals surface area contributed by atoms with Crippen molar-refractivity contribution < 1.29 is 19.1 Å². The van der Waals surface area contributed by atoms with Crippen LogP contribution in [-0.4, -0.2) is 25.0 Å². The lowest BCUT2D eigenvalue weighted by molar-refractivity contribution is -0.117. The summed E-state index contributed by atoms with van der Waals surface area (Å²) >= 11 is 24.0. The van der Waals surface area contributed by atoms with Gasteiger partial charge in [0.1, 0.15) is 11.5 Å². The van der Waals surface area contributed by atoms with Gasteiger partial charge in [-0.15, -0.1) is 0 Å². The Morgan fingerprint density at radius 1 is 0.600 bits per heavy atom. The highest BCUT2D eigenvalue weighted by Crippen LogP contribution is 2.31. The van der Waals surface area contributed by atoms with Gasteiger partial charge in [0.15, 0.2) is 0 Å². The highest BCUT2D eigenvalue weighted by Gasteiger charge is 2.11. The van der Waals surface area contributed by atoms with Gasteiger partial charge >= 0.3 is 0 Å². The van der Waals surface area contributed by atoms with E-state index in [1.807, 2.05) is 36.4 Å². The monoisotopic (exact) mass is 618 g/mol. The fraction of sp³-hybridized carbons (Fsp3) is 0.200. The Morgan fingerprint density at radius 3 is 1.43 bits per heavy atom. The fourth-order valence-corrected chi connectivity index (χ4v) is 4.89. The van der Waals surface area contributed by atoms with Crippen molar-refractivity contribution in [2.45, 2.75) is 25.7 Å². The minimum Gasteiger partial charge on any atom is -0.492 e. The molecular weight excluding hydrogens is 594 g/mol. The molecule has 4 rings (SSSR count). The van der Waals surface area contributed by atoms with Crippen LogP contribution in [0.15, 0.2) is 72.8 Å². The van der Waals surface area contributed by atoms with Gasteiger partial charge in [-0.3, -0.25) is 9.59 Å². The van der Waals surface area contributed by atoms with Gasteiger partial charge < -0.3 is 20.1 Å². The van der Waals surface area contributed by atoms with E-state index in [-0.39, 0.29) is 24.7 Å². The molecule has 0 saturated carbocycles. The van der Waals surface area contributed by atoms with Crippen molar-refractivity contribution in [3.63, 3.8) is 0 Å². The highest BCUT2D eigenvalue weighted by atomic mass is 35.5. The van der Waals surface area contributed by atoms with Crippen molar-refractivity contribution in [3.8, 4) is 11.5 Å². The van der Waals surface area contributed by atoms with Gasteiger partial charge in [-0.05, 0) is 61.4 Å². The first kappa shape index (κ1) is 29.8. The molecule has 0 aliphatic rings. The lowest BCUT2D eigenvalue weighted by Gasteiger charge is -2.13. The molecule has 0 atom stereocenters. The molecule has 0 fully saturated rings. The maximum absolute atomic E-state index is 12.6. The zero-order valence-corrected chi connectivity index (χ0v) is 24.3. The summed E-state index contributed by atoms with van der Waals surface area (Å²) in [6, 6.07) is 21.1. The van der Waals surface area contributed by atoms with E-state index in [9.17, 15) is 9.59 Å². The van der Waals surface area contributed by atoms with Crippen molar-refractivity contribution in [2.75, 3.05) is 23.8 Å². The third kappa shape index (κ3) is 8.42. The molecule has 208 valence electrons.